The van der Waals surface area contributed by atoms with E-state index >= 15 is 0 Å². The van der Waals surface area contributed by atoms with Gasteiger partial charge in [0, 0.05) is 31.7 Å². The molecule has 4 nitrogen and oxygen atoms in total. The number of nitrogens with zero attached hydrogens (tertiary/aromatic N) is 2. The third-order valence-corrected chi connectivity index (χ3v) is 6.37. The van der Waals surface area contributed by atoms with Crippen molar-refractivity contribution in [2.75, 3.05) is 13.1 Å². The molecule has 0 aromatic heterocycles. The highest BCUT2D eigenvalue weighted by molar-refractivity contribution is 5.79. The van der Waals surface area contributed by atoms with E-state index in [9.17, 15) is 4.79 Å². The Morgan fingerprint density at radius 3 is 2.58 bits per heavy atom. The lowest BCUT2D eigenvalue weighted by molar-refractivity contribution is -0.126. The van der Waals surface area contributed by atoms with Crippen LogP contribution in [0.25, 0.3) is 0 Å². The number of likely N-dealkylation sites (tertiary alicyclic amines) is 1. The van der Waals surface area contributed by atoms with Crippen LogP contribution in [0.2, 0.25) is 0 Å². The van der Waals surface area contributed by atoms with Crippen LogP contribution in [0.15, 0.2) is 30.3 Å². The fourth-order valence-electron chi connectivity index (χ4n) is 5.36. The van der Waals surface area contributed by atoms with Crippen LogP contribution < -0.4 is 5.73 Å². The molecule has 0 spiro atoms. The second-order valence-corrected chi connectivity index (χ2v) is 8.50. The van der Waals surface area contributed by atoms with E-state index in [1.165, 1.54) is 24.9 Å². The lowest BCUT2D eigenvalue weighted by Gasteiger charge is -2.40. The van der Waals surface area contributed by atoms with E-state index in [0.29, 0.717) is 18.0 Å². The molecule has 1 aliphatic heterocycles. The molecule has 0 bridgehead atoms. The minimum Gasteiger partial charge on any atom is -0.368 e. The first-order chi connectivity index (χ1) is 12.5. The molecule has 0 unspecified atom stereocenters. The van der Waals surface area contributed by atoms with Crippen molar-refractivity contribution < 1.29 is 4.79 Å². The second kappa shape index (κ2) is 8.53. The van der Waals surface area contributed by atoms with Crippen molar-refractivity contribution in [1.29, 1.82) is 0 Å². The van der Waals surface area contributed by atoms with E-state index < -0.39 is 0 Å². The minimum atomic E-state index is -0.150. The predicted molar refractivity (Wildman–Crippen MR) is 107 cm³/mol. The maximum atomic E-state index is 12.2. The Kier molecular flexibility index (Phi) is 6.36. The van der Waals surface area contributed by atoms with Crippen molar-refractivity contribution in [2.24, 2.45) is 17.6 Å². The van der Waals surface area contributed by atoms with E-state index in [2.05, 4.69) is 60.9 Å². The van der Waals surface area contributed by atoms with Gasteiger partial charge in [-0.2, -0.15) is 0 Å². The average Bonchev–Trinajstić information content (AvgIpc) is 3.16. The fraction of sp³-hybridized carbons (Fsp3) is 0.682. The number of rotatable bonds is 8. The Bertz CT molecular complexity index is 588. The third kappa shape index (κ3) is 4.12. The smallest absolute Gasteiger partial charge is 0.234 e. The first-order valence-electron chi connectivity index (χ1n) is 10.3. The van der Waals surface area contributed by atoms with E-state index in [1.54, 1.807) is 0 Å². The number of carbonyl (C=O) groups is 1. The second-order valence-electron chi connectivity index (χ2n) is 8.50. The molecular weight excluding hydrogens is 322 g/mol. The van der Waals surface area contributed by atoms with Crippen molar-refractivity contribution in [3.8, 4) is 0 Å². The fourth-order valence-corrected chi connectivity index (χ4v) is 5.36. The minimum absolute atomic E-state index is 0.119. The summed E-state index contributed by atoms with van der Waals surface area (Å²) in [6.07, 6.45) is 4.36. The van der Waals surface area contributed by atoms with Crippen molar-refractivity contribution in [1.82, 2.24) is 9.80 Å². The first-order valence-corrected chi connectivity index (χ1v) is 10.3. The van der Waals surface area contributed by atoms with Gasteiger partial charge in [0.25, 0.3) is 0 Å². The van der Waals surface area contributed by atoms with Crippen molar-refractivity contribution in [2.45, 2.75) is 71.1 Å². The van der Waals surface area contributed by atoms with Crippen LogP contribution >= 0.6 is 0 Å². The van der Waals surface area contributed by atoms with E-state index in [-0.39, 0.29) is 11.9 Å². The summed E-state index contributed by atoms with van der Waals surface area (Å²) in [7, 11) is 0. The van der Waals surface area contributed by atoms with Crippen LogP contribution in [0.5, 0.6) is 0 Å². The lowest BCUT2D eigenvalue weighted by atomic mass is 9.93. The summed E-state index contributed by atoms with van der Waals surface area (Å²) in [5.74, 6) is 1.28. The Hall–Kier alpha value is -1.39. The summed E-state index contributed by atoms with van der Waals surface area (Å²) >= 11 is 0. The number of primary amides is 1. The number of amides is 1. The molecule has 1 aromatic rings. The molecule has 1 aliphatic carbocycles. The average molecular weight is 358 g/mol. The van der Waals surface area contributed by atoms with Gasteiger partial charge in [-0.1, -0.05) is 43.7 Å². The van der Waals surface area contributed by atoms with Gasteiger partial charge in [-0.05, 0) is 50.5 Å². The molecule has 4 heteroatoms. The molecule has 3 rings (SSSR count). The summed E-state index contributed by atoms with van der Waals surface area (Å²) in [5, 5.41) is 0. The van der Waals surface area contributed by atoms with Gasteiger partial charge in [0.15, 0.2) is 0 Å². The van der Waals surface area contributed by atoms with Gasteiger partial charge in [0.1, 0.15) is 0 Å². The summed E-state index contributed by atoms with van der Waals surface area (Å²) < 4.78 is 0. The van der Waals surface area contributed by atoms with Gasteiger partial charge >= 0.3 is 0 Å². The number of hydrogen-bond donors (Lipinski definition) is 1. The Morgan fingerprint density at radius 2 is 1.96 bits per heavy atom. The topological polar surface area (TPSA) is 49.6 Å². The standard InChI is InChI=1S/C22H35N3O/c1-4-8-21(22(23)26)25(16(2)3)20-12-11-18-14-24(15-19(18)20)13-17-9-6-5-7-10-17/h5-7,9-10,16,18-21H,4,8,11-15H2,1-3H3,(H2,23,26)/t18-,19+,20+,21-/m0/s1. The molecule has 1 amide bonds. The zero-order valence-electron chi connectivity index (χ0n) is 16.6. The highest BCUT2D eigenvalue weighted by Crippen LogP contribution is 2.42. The monoisotopic (exact) mass is 357 g/mol. The Labute approximate surface area is 158 Å². The molecule has 2 N–H and O–H groups in total. The zero-order chi connectivity index (χ0) is 18.7. The maximum absolute atomic E-state index is 12.2. The van der Waals surface area contributed by atoms with Gasteiger partial charge in [0.05, 0.1) is 6.04 Å². The largest absolute Gasteiger partial charge is 0.368 e. The highest BCUT2D eigenvalue weighted by Gasteiger charge is 2.47. The summed E-state index contributed by atoms with van der Waals surface area (Å²) in [4.78, 5) is 17.2. The van der Waals surface area contributed by atoms with Crippen LogP contribution in [0.3, 0.4) is 0 Å². The van der Waals surface area contributed by atoms with E-state index in [0.717, 1.165) is 31.8 Å². The van der Waals surface area contributed by atoms with Crippen molar-refractivity contribution in [3.05, 3.63) is 35.9 Å². The molecule has 2 fully saturated rings. The maximum Gasteiger partial charge on any atom is 0.234 e. The number of fused-ring (bicyclic) bond motifs is 1. The molecule has 144 valence electrons. The molecule has 26 heavy (non-hydrogen) atoms. The summed E-state index contributed by atoms with van der Waals surface area (Å²) in [6.45, 7) is 9.95. The van der Waals surface area contributed by atoms with Crippen LogP contribution in [0.4, 0.5) is 0 Å². The molecule has 1 saturated carbocycles. The normalized spacial score (nSPS) is 27.2. The molecule has 1 heterocycles. The van der Waals surface area contributed by atoms with Gasteiger partial charge in [0.2, 0.25) is 5.91 Å². The quantitative estimate of drug-likeness (QED) is 0.777. The molecule has 0 radical (unpaired) electrons. The number of hydrogen-bond acceptors (Lipinski definition) is 3. The SMILES string of the molecule is CCC[C@@H](C(N)=O)N(C(C)C)[C@@H]1CC[C@H]2CN(Cc3ccccc3)C[C@H]21. The van der Waals surface area contributed by atoms with E-state index in [4.69, 9.17) is 5.73 Å². The third-order valence-electron chi connectivity index (χ3n) is 6.37. The summed E-state index contributed by atoms with van der Waals surface area (Å²) in [6, 6.07) is 11.5. The molecule has 1 saturated heterocycles. The van der Waals surface area contributed by atoms with Crippen LogP contribution in [-0.2, 0) is 11.3 Å². The first kappa shape index (κ1) is 19.4. The highest BCUT2D eigenvalue weighted by atomic mass is 16.1. The lowest BCUT2D eigenvalue weighted by Crippen LogP contribution is -2.54. The van der Waals surface area contributed by atoms with Crippen LogP contribution in [-0.4, -0.2) is 46.9 Å². The molecule has 1 aromatic carbocycles. The van der Waals surface area contributed by atoms with Crippen LogP contribution in [0, 0.1) is 11.8 Å². The number of carbonyl (C=O) groups excluding carboxylic acids is 1. The van der Waals surface area contributed by atoms with Gasteiger partial charge in [-0.15, -0.1) is 0 Å². The molecular formula is C22H35N3O. The predicted octanol–water partition coefficient (Wildman–Crippen LogP) is 3.26. The number of benzene rings is 1. The van der Waals surface area contributed by atoms with Crippen LogP contribution in [0.1, 0.15) is 52.0 Å². The van der Waals surface area contributed by atoms with Crippen molar-refractivity contribution in [3.63, 3.8) is 0 Å². The molecule has 2 aliphatic rings. The zero-order valence-corrected chi connectivity index (χ0v) is 16.6. The van der Waals surface area contributed by atoms with Crippen molar-refractivity contribution >= 4 is 5.91 Å². The Morgan fingerprint density at radius 1 is 1.23 bits per heavy atom. The Balaban J connectivity index is 1.71. The number of nitrogens with two attached hydrogens (primary N) is 1. The van der Waals surface area contributed by atoms with Gasteiger partial charge in [-0.25, -0.2) is 0 Å². The summed E-state index contributed by atoms with van der Waals surface area (Å²) in [5.41, 5.74) is 7.20. The van der Waals surface area contributed by atoms with E-state index in [1.807, 2.05) is 0 Å². The van der Waals surface area contributed by atoms with Gasteiger partial charge in [-0.3, -0.25) is 14.6 Å². The van der Waals surface area contributed by atoms with Gasteiger partial charge < -0.3 is 5.73 Å². The molecule has 4 atom stereocenters.